The number of hydrogen-bond donors (Lipinski definition) is 3. The fourth-order valence-electron chi connectivity index (χ4n) is 2.07. The monoisotopic (exact) mass is 452 g/mol. The summed E-state index contributed by atoms with van der Waals surface area (Å²) in [7, 11) is -4.21. The van der Waals surface area contributed by atoms with Gasteiger partial charge in [0.1, 0.15) is 5.82 Å². The third-order valence-electron chi connectivity index (χ3n) is 3.84. The van der Waals surface area contributed by atoms with E-state index in [4.69, 9.17) is 0 Å². The molecule has 0 aliphatic carbocycles. The maximum atomic E-state index is 14.2. The maximum absolute atomic E-state index is 14.2. The Bertz CT molecular complexity index is 1020. The van der Waals surface area contributed by atoms with Gasteiger partial charge in [0, 0.05) is 4.90 Å². The van der Waals surface area contributed by atoms with Crippen LogP contribution in [0.25, 0.3) is 0 Å². The molecule has 1 unspecified atom stereocenters. The van der Waals surface area contributed by atoms with Crippen LogP contribution in [-0.4, -0.2) is 37.5 Å². The van der Waals surface area contributed by atoms with Crippen LogP contribution in [-0.2, 0) is 14.8 Å². The highest BCUT2D eigenvalue weighted by atomic mass is 32.2. The highest BCUT2D eigenvalue weighted by molar-refractivity contribution is 7.99. The predicted octanol–water partition coefficient (Wildman–Crippen LogP) is 3.60. The Hall–Kier alpha value is -2.31. The topological polar surface area (TPSA) is 95.5 Å². The first-order valence-corrected chi connectivity index (χ1v) is 10.6. The van der Waals surface area contributed by atoms with E-state index >= 15 is 0 Å². The van der Waals surface area contributed by atoms with Crippen LogP contribution in [0.15, 0.2) is 52.3 Å². The molecule has 1 atom stereocenters. The second kappa shape index (κ2) is 8.20. The van der Waals surface area contributed by atoms with Crippen molar-refractivity contribution in [1.82, 2.24) is 0 Å². The van der Waals surface area contributed by atoms with Crippen molar-refractivity contribution in [1.29, 1.82) is 0 Å². The zero-order chi connectivity index (χ0) is 22.0. The number of anilines is 2. The molecule has 158 valence electrons. The van der Waals surface area contributed by atoms with E-state index in [1.165, 1.54) is 17.8 Å². The van der Waals surface area contributed by atoms with E-state index in [1.807, 2.05) is 0 Å². The quantitative estimate of drug-likeness (QED) is 0.460. The highest BCUT2D eigenvalue weighted by Gasteiger charge is 2.55. The van der Waals surface area contributed by atoms with Crippen molar-refractivity contribution in [3.63, 3.8) is 0 Å². The molecule has 0 saturated heterocycles. The molecule has 2 aromatic carbocycles. The van der Waals surface area contributed by atoms with Crippen molar-refractivity contribution in [2.75, 3.05) is 16.3 Å². The molecule has 0 aliphatic heterocycles. The number of halogens is 4. The Morgan fingerprint density at radius 3 is 2.28 bits per heavy atom. The minimum atomic E-state index is -5.29. The molecule has 2 rings (SSSR count). The number of rotatable bonds is 6. The summed E-state index contributed by atoms with van der Waals surface area (Å²) in [5.41, 5.74) is -4.21. The van der Waals surface area contributed by atoms with Gasteiger partial charge >= 0.3 is 6.18 Å². The Morgan fingerprint density at radius 2 is 1.72 bits per heavy atom. The van der Waals surface area contributed by atoms with E-state index in [0.29, 0.717) is 11.0 Å². The van der Waals surface area contributed by atoms with Crippen molar-refractivity contribution in [2.24, 2.45) is 0 Å². The van der Waals surface area contributed by atoms with Gasteiger partial charge in [-0.05, 0) is 43.5 Å². The van der Waals surface area contributed by atoms with Gasteiger partial charge in [-0.25, -0.2) is 12.8 Å². The SMILES string of the molecule is CSc1ccccc1NS(=O)(=O)c1ccc(NC(=O)C(C)(O)C(F)(F)F)c(F)c1. The number of sulfonamides is 1. The van der Waals surface area contributed by atoms with Gasteiger partial charge in [-0.2, -0.15) is 13.2 Å². The van der Waals surface area contributed by atoms with Gasteiger partial charge in [-0.15, -0.1) is 11.8 Å². The normalized spacial score (nSPS) is 14.2. The molecule has 0 spiro atoms. The van der Waals surface area contributed by atoms with Gasteiger partial charge in [0.2, 0.25) is 5.60 Å². The van der Waals surface area contributed by atoms with Gasteiger partial charge in [-0.1, -0.05) is 12.1 Å². The van der Waals surface area contributed by atoms with Crippen LogP contribution in [0.4, 0.5) is 28.9 Å². The Labute approximate surface area is 168 Å². The summed E-state index contributed by atoms with van der Waals surface area (Å²) < 4.78 is 79.5. The van der Waals surface area contributed by atoms with E-state index in [-0.39, 0.29) is 12.6 Å². The van der Waals surface area contributed by atoms with Gasteiger partial charge in [0.05, 0.1) is 16.3 Å². The molecule has 0 fully saturated rings. The van der Waals surface area contributed by atoms with E-state index in [0.717, 1.165) is 12.1 Å². The number of amides is 1. The van der Waals surface area contributed by atoms with Crippen LogP contribution >= 0.6 is 11.8 Å². The van der Waals surface area contributed by atoms with Crippen molar-refractivity contribution >= 4 is 39.1 Å². The number of nitrogens with one attached hydrogen (secondary N) is 2. The van der Waals surface area contributed by atoms with Crippen molar-refractivity contribution in [3.05, 3.63) is 48.3 Å². The predicted molar refractivity (Wildman–Crippen MR) is 101 cm³/mol. The van der Waals surface area contributed by atoms with E-state index < -0.39 is 44.1 Å². The van der Waals surface area contributed by atoms with Crippen LogP contribution in [0, 0.1) is 5.82 Å². The van der Waals surface area contributed by atoms with Crippen LogP contribution < -0.4 is 10.0 Å². The van der Waals surface area contributed by atoms with Crippen LogP contribution in [0.2, 0.25) is 0 Å². The first kappa shape index (κ1) is 23.0. The summed E-state index contributed by atoms with van der Waals surface area (Å²) in [5.74, 6) is -3.20. The Kier molecular flexibility index (Phi) is 6.50. The third kappa shape index (κ3) is 5.00. The van der Waals surface area contributed by atoms with Gasteiger partial charge < -0.3 is 10.4 Å². The van der Waals surface area contributed by atoms with Crippen molar-refractivity contribution in [2.45, 2.75) is 28.5 Å². The fraction of sp³-hybridized carbons (Fsp3) is 0.235. The number of aliphatic hydroxyl groups is 1. The van der Waals surface area contributed by atoms with Crippen LogP contribution in [0.5, 0.6) is 0 Å². The summed E-state index contributed by atoms with van der Waals surface area (Å²) >= 11 is 1.28. The summed E-state index contributed by atoms with van der Waals surface area (Å²) in [5, 5.41) is 10.9. The average molecular weight is 452 g/mol. The first-order valence-electron chi connectivity index (χ1n) is 7.85. The van der Waals surface area contributed by atoms with Crippen LogP contribution in [0.1, 0.15) is 6.92 Å². The zero-order valence-electron chi connectivity index (χ0n) is 15.0. The number of para-hydroxylation sites is 1. The lowest BCUT2D eigenvalue weighted by Crippen LogP contribution is -2.52. The Morgan fingerprint density at radius 1 is 1.10 bits per heavy atom. The molecule has 0 bridgehead atoms. The number of carbonyl (C=O) groups is 1. The number of hydrogen-bond acceptors (Lipinski definition) is 5. The molecule has 12 heteroatoms. The fourth-order valence-corrected chi connectivity index (χ4v) is 3.78. The minimum absolute atomic E-state index is 0.214. The maximum Gasteiger partial charge on any atom is 0.426 e. The standard InChI is InChI=1S/C17H16F4N2O4S2/c1-16(25,17(19,20)21)15(24)22-12-8-7-10(9-11(12)18)29(26,27)23-13-5-3-4-6-14(13)28-2/h3-9,23,25H,1-2H3,(H,22,24). The number of alkyl halides is 3. The molecule has 0 aliphatic rings. The van der Waals surface area contributed by atoms with Crippen molar-refractivity contribution < 1.29 is 35.9 Å². The van der Waals surface area contributed by atoms with E-state index in [9.17, 15) is 35.9 Å². The summed E-state index contributed by atoms with van der Waals surface area (Å²) in [6.07, 6.45) is -3.55. The zero-order valence-corrected chi connectivity index (χ0v) is 16.7. The number of benzene rings is 2. The number of thioether (sulfide) groups is 1. The summed E-state index contributed by atoms with van der Waals surface area (Å²) in [4.78, 5) is 11.8. The molecule has 1 amide bonds. The Balaban J connectivity index is 2.28. The molecule has 29 heavy (non-hydrogen) atoms. The molecule has 6 nitrogen and oxygen atoms in total. The van der Waals surface area contributed by atoms with Crippen LogP contribution in [0.3, 0.4) is 0 Å². The molecule has 3 N–H and O–H groups in total. The molecule has 0 radical (unpaired) electrons. The van der Waals surface area contributed by atoms with E-state index in [2.05, 4.69) is 4.72 Å². The summed E-state index contributed by atoms with van der Waals surface area (Å²) in [6.45, 7) is 0.214. The minimum Gasteiger partial charge on any atom is -0.373 e. The molecular formula is C17H16F4N2O4S2. The number of carbonyl (C=O) groups excluding carboxylic acids is 1. The smallest absolute Gasteiger partial charge is 0.373 e. The molecule has 0 saturated carbocycles. The highest BCUT2D eigenvalue weighted by Crippen LogP contribution is 2.32. The van der Waals surface area contributed by atoms with Gasteiger partial charge in [-0.3, -0.25) is 9.52 Å². The summed E-state index contributed by atoms with van der Waals surface area (Å²) in [6, 6.07) is 8.73. The third-order valence-corrected chi connectivity index (χ3v) is 6.00. The molecule has 0 heterocycles. The van der Waals surface area contributed by atoms with Gasteiger partial charge in [0.25, 0.3) is 15.9 Å². The van der Waals surface area contributed by atoms with Crippen molar-refractivity contribution in [3.8, 4) is 0 Å². The lowest BCUT2D eigenvalue weighted by molar-refractivity contribution is -0.242. The molecule has 2 aromatic rings. The lowest BCUT2D eigenvalue weighted by Gasteiger charge is -2.25. The van der Waals surface area contributed by atoms with E-state index in [1.54, 1.807) is 29.8 Å². The second-order valence-electron chi connectivity index (χ2n) is 5.97. The van der Waals surface area contributed by atoms with Gasteiger partial charge in [0.15, 0.2) is 0 Å². The first-order chi connectivity index (χ1) is 13.3. The average Bonchev–Trinajstić information content (AvgIpc) is 2.62. The largest absolute Gasteiger partial charge is 0.426 e. The lowest BCUT2D eigenvalue weighted by atomic mass is 10.1. The molecular weight excluding hydrogens is 436 g/mol. The molecule has 0 aromatic heterocycles. The second-order valence-corrected chi connectivity index (χ2v) is 8.50.